The van der Waals surface area contributed by atoms with E-state index in [0.29, 0.717) is 37.6 Å². The fourth-order valence-corrected chi connectivity index (χ4v) is 3.61. The van der Waals surface area contributed by atoms with Gasteiger partial charge >= 0.3 is 0 Å². The highest BCUT2D eigenvalue weighted by atomic mass is 16.5. The molecule has 6 nitrogen and oxygen atoms in total. The predicted octanol–water partition coefficient (Wildman–Crippen LogP) is 3.62. The number of nitrogens with zero attached hydrogens (tertiary/aromatic N) is 3. The van der Waals surface area contributed by atoms with Crippen LogP contribution in [0.1, 0.15) is 41.6 Å². The Bertz CT molecular complexity index is 949. The number of hydrogen-bond acceptors (Lipinski definition) is 5. The third-order valence-electron chi connectivity index (χ3n) is 5.31. The average Bonchev–Trinajstić information content (AvgIpc) is 3.16. The number of benzene rings is 2. The highest BCUT2D eigenvalue weighted by Crippen LogP contribution is 2.27. The number of para-hydroxylation sites is 1. The molecule has 0 spiro atoms. The molecule has 0 atom stereocenters. The Balaban J connectivity index is 1.24. The maximum absolute atomic E-state index is 12.4. The normalized spacial score (nSPS) is 13.9. The zero-order chi connectivity index (χ0) is 20.1. The van der Waals surface area contributed by atoms with E-state index in [1.165, 1.54) is 5.56 Å². The zero-order valence-electron chi connectivity index (χ0n) is 16.6. The molecule has 3 aromatic rings. The third-order valence-corrected chi connectivity index (χ3v) is 5.31. The Labute approximate surface area is 170 Å². The number of aromatic nitrogens is 2. The van der Waals surface area contributed by atoms with Gasteiger partial charge in [-0.3, -0.25) is 4.79 Å². The summed E-state index contributed by atoms with van der Waals surface area (Å²) in [5, 5.41) is 4.10. The van der Waals surface area contributed by atoms with Gasteiger partial charge in [0, 0.05) is 31.5 Å². The second-order valence-electron chi connectivity index (χ2n) is 7.37. The number of aryl methyl sites for hydroxylation is 1. The van der Waals surface area contributed by atoms with Crippen molar-refractivity contribution in [3.8, 4) is 5.75 Å². The van der Waals surface area contributed by atoms with Crippen molar-refractivity contribution in [1.82, 2.24) is 15.0 Å². The maximum Gasteiger partial charge on any atom is 0.233 e. The van der Waals surface area contributed by atoms with Crippen molar-refractivity contribution in [3.05, 3.63) is 77.4 Å². The van der Waals surface area contributed by atoms with E-state index in [9.17, 15) is 4.79 Å². The van der Waals surface area contributed by atoms with Crippen molar-refractivity contribution in [2.45, 2.75) is 31.6 Å². The Hall–Kier alpha value is -3.15. The smallest absolute Gasteiger partial charge is 0.233 e. The largest absolute Gasteiger partial charge is 0.496 e. The zero-order valence-corrected chi connectivity index (χ0v) is 16.6. The van der Waals surface area contributed by atoms with Gasteiger partial charge < -0.3 is 14.2 Å². The summed E-state index contributed by atoms with van der Waals surface area (Å²) >= 11 is 0. The Morgan fingerprint density at radius 3 is 2.69 bits per heavy atom. The quantitative estimate of drug-likeness (QED) is 0.587. The first-order valence-electron chi connectivity index (χ1n) is 9.99. The van der Waals surface area contributed by atoms with Gasteiger partial charge in [-0.15, -0.1) is 0 Å². The second-order valence-corrected chi connectivity index (χ2v) is 7.37. The molecule has 1 aliphatic rings. The van der Waals surface area contributed by atoms with E-state index in [1.54, 1.807) is 7.11 Å². The molecule has 1 amide bonds. The highest BCUT2D eigenvalue weighted by Gasteiger charge is 2.35. The molecular formula is C23H25N3O3. The van der Waals surface area contributed by atoms with Crippen LogP contribution in [0.4, 0.5) is 0 Å². The summed E-state index contributed by atoms with van der Waals surface area (Å²) < 4.78 is 10.8. The predicted molar refractivity (Wildman–Crippen MR) is 109 cm³/mol. The van der Waals surface area contributed by atoms with Crippen LogP contribution in [0.15, 0.2) is 59.1 Å². The summed E-state index contributed by atoms with van der Waals surface area (Å²) in [7, 11) is 1.65. The number of rotatable bonds is 8. The minimum Gasteiger partial charge on any atom is -0.496 e. The molecule has 150 valence electrons. The maximum atomic E-state index is 12.4. The van der Waals surface area contributed by atoms with Crippen LogP contribution in [0, 0.1) is 0 Å². The molecule has 29 heavy (non-hydrogen) atoms. The van der Waals surface area contributed by atoms with Crippen molar-refractivity contribution < 1.29 is 14.1 Å². The highest BCUT2D eigenvalue weighted by molar-refractivity contribution is 5.77. The van der Waals surface area contributed by atoms with Crippen molar-refractivity contribution in [2.75, 3.05) is 20.2 Å². The lowest BCUT2D eigenvalue weighted by molar-refractivity contribution is -0.136. The van der Waals surface area contributed by atoms with Crippen molar-refractivity contribution in [2.24, 2.45) is 0 Å². The molecule has 4 rings (SSSR count). The molecular weight excluding hydrogens is 366 g/mol. The van der Waals surface area contributed by atoms with Crippen LogP contribution in [-0.4, -0.2) is 41.1 Å². The van der Waals surface area contributed by atoms with Crippen LogP contribution in [0.5, 0.6) is 5.75 Å². The Kier molecular flexibility index (Phi) is 5.89. The summed E-state index contributed by atoms with van der Waals surface area (Å²) in [5.41, 5.74) is 2.29. The van der Waals surface area contributed by atoms with E-state index in [0.717, 1.165) is 24.2 Å². The summed E-state index contributed by atoms with van der Waals surface area (Å²) in [5.74, 6) is 2.40. The minimum absolute atomic E-state index is 0.131. The number of carbonyl (C=O) groups is 1. The SMILES string of the molecule is COc1ccccc1Cc1noc(C2CN(C(=O)CCCc3ccccc3)C2)n1. The van der Waals surface area contributed by atoms with Gasteiger partial charge in [0.15, 0.2) is 5.82 Å². The lowest BCUT2D eigenvalue weighted by Crippen LogP contribution is -2.48. The molecule has 2 heterocycles. The number of amides is 1. The number of ether oxygens (including phenoxy) is 1. The lowest BCUT2D eigenvalue weighted by Gasteiger charge is -2.37. The summed E-state index contributed by atoms with van der Waals surface area (Å²) in [4.78, 5) is 18.8. The molecule has 0 N–H and O–H groups in total. The van der Waals surface area contributed by atoms with Crippen LogP contribution in [0.25, 0.3) is 0 Å². The van der Waals surface area contributed by atoms with E-state index < -0.39 is 0 Å². The molecule has 0 saturated carbocycles. The summed E-state index contributed by atoms with van der Waals surface area (Å²) in [6.45, 7) is 1.31. The van der Waals surface area contributed by atoms with Gasteiger partial charge in [-0.05, 0) is 24.5 Å². The van der Waals surface area contributed by atoms with Gasteiger partial charge in [-0.25, -0.2) is 0 Å². The van der Waals surface area contributed by atoms with Crippen molar-refractivity contribution in [3.63, 3.8) is 0 Å². The second kappa shape index (κ2) is 8.90. The van der Waals surface area contributed by atoms with Gasteiger partial charge in [0.1, 0.15) is 5.75 Å². The van der Waals surface area contributed by atoms with E-state index in [-0.39, 0.29) is 11.8 Å². The van der Waals surface area contributed by atoms with Crippen LogP contribution in [0.3, 0.4) is 0 Å². The summed E-state index contributed by atoms with van der Waals surface area (Å²) in [6, 6.07) is 18.1. The number of likely N-dealkylation sites (tertiary alicyclic amines) is 1. The molecule has 1 saturated heterocycles. The molecule has 0 bridgehead atoms. The number of hydrogen-bond donors (Lipinski definition) is 0. The van der Waals surface area contributed by atoms with E-state index in [4.69, 9.17) is 9.26 Å². The molecule has 0 unspecified atom stereocenters. The van der Waals surface area contributed by atoms with Crippen LogP contribution >= 0.6 is 0 Å². The first kappa shape index (κ1) is 19.2. The Morgan fingerprint density at radius 1 is 1.14 bits per heavy atom. The minimum atomic E-state index is 0.131. The van der Waals surface area contributed by atoms with Crippen LogP contribution in [-0.2, 0) is 17.6 Å². The van der Waals surface area contributed by atoms with Gasteiger partial charge in [0.05, 0.1) is 13.0 Å². The van der Waals surface area contributed by atoms with Crippen LogP contribution < -0.4 is 4.74 Å². The van der Waals surface area contributed by atoms with Gasteiger partial charge in [0.2, 0.25) is 11.8 Å². The summed E-state index contributed by atoms with van der Waals surface area (Å²) in [6.07, 6.45) is 2.93. The first-order chi connectivity index (χ1) is 14.2. The molecule has 1 aromatic heterocycles. The van der Waals surface area contributed by atoms with Crippen LogP contribution in [0.2, 0.25) is 0 Å². The van der Waals surface area contributed by atoms with E-state index in [2.05, 4.69) is 22.3 Å². The molecule has 1 aliphatic heterocycles. The lowest BCUT2D eigenvalue weighted by atomic mass is 9.99. The molecule has 6 heteroatoms. The third kappa shape index (κ3) is 4.65. The number of methoxy groups -OCH3 is 1. The van der Waals surface area contributed by atoms with E-state index in [1.807, 2.05) is 47.4 Å². The first-order valence-corrected chi connectivity index (χ1v) is 9.99. The molecule has 1 fully saturated rings. The fourth-order valence-electron chi connectivity index (χ4n) is 3.61. The van der Waals surface area contributed by atoms with E-state index >= 15 is 0 Å². The van der Waals surface area contributed by atoms with Gasteiger partial charge in [-0.1, -0.05) is 53.7 Å². The topological polar surface area (TPSA) is 68.5 Å². The molecule has 0 radical (unpaired) electrons. The monoisotopic (exact) mass is 391 g/mol. The van der Waals surface area contributed by atoms with Gasteiger partial charge in [-0.2, -0.15) is 4.98 Å². The number of carbonyl (C=O) groups excluding carboxylic acids is 1. The molecule has 2 aromatic carbocycles. The van der Waals surface area contributed by atoms with Crippen molar-refractivity contribution in [1.29, 1.82) is 0 Å². The molecule has 0 aliphatic carbocycles. The fraction of sp³-hybridized carbons (Fsp3) is 0.348. The average molecular weight is 391 g/mol. The van der Waals surface area contributed by atoms with Gasteiger partial charge in [0.25, 0.3) is 0 Å². The van der Waals surface area contributed by atoms with Crippen molar-refractivity contribution >= 4 is 5.91 Å². The Morgan fingerprint density at radius 2 is 1.90 bits per heavy atom. The standard InChI is InChI=1S/C23H25N3O3/c1-28-20-12-6-5-11-18(20)14-21-24-23(29-25-21)19-15-26(16-19)22(27)13-7-10-17-8-3-2-4-9-17/h2-6,8-9,11-12,19H,7,10,13-16H2,1H3.